The highest BCUT2D eigenvalue weighted by molar-refractivity contribution is 6.31. The van der Waals surface area contributed by atoms with Crippen LogP contribution in [0.1, 0.15) is 21.6 Å². The first-order valence-electron chi connectivity index (χ1n) is 5.89. The van der Waals surface area contributed by atoms with E-state index in [-0.39, 0.29) is 11.6 Å². The Labute approximate surface area is 127 Å². The molecule has 0 aliphatic rings. The van der Waals surface area contributed by atoms with Gasteiger partial charge in [-0.1, -0.05) is 17.7 Å². The molecule has 1 aromatic heterocycles. The third-order valence-electron chi connectivity index (χ3n) is 2.78. The summed E-state index contributed by atoms with van der Waals surface area (Å²) in [6.45, 7) is -0.154. The highest BCUT2D eigenvalue weighted by atomic mass is 35.5. The van der Waals surface area contributed by atoms with Gasteiger partial charge in [-0.3, -0.25) is 4.68 Å². The molecule has 9 heteroatoms. The Kier molecular flexibility index (Phi) is 4.41. The van der Waals surface area contributed by atoms with Crippen molar-refractivity contribution in [3.63, 3.8) is 0 Å². The van der Waals surface area contributed by atoms with E-state index in [0.717, 1.165) is 30.1 Å². The summed E-state index contributed by atoms with van der Waals surface area (Å²) >= 11 is 5.81. The van der Waals surface area contributed by atoms with Crippen LogP contribution in [0.15, 0.2) is 24.4 Å². The zero-order valence-electron chi connectivity index (χ0n) is 11.1. The molecule has 2 rings (SSSR count). The van der Waals surface area contributed by atoms with Gasteiger partial charge in [-0.15, -0.1) is 0 Å². The van der Waals surface area contributed by atoms with E-state index in [1.165, 1.54) is 6.07 Å². The lowest BCUT2D eigenvalue weighted by Crippen LogP contribution is -2.13. The molecule has 118 valence electrons. The van der Waals surface area contributed by atoms with Crippen LogP contribution in [-0.4, -0.2) is 22.9 Å². The van der Waals surface area contributed by atoms with Gasteiger partial charge in [0.25, 0.3) is 0 Å². The van der Waals surface area contributed by atoms with Crippen LogP contribution >= 0.6 is 11.6 Å². The molecule has 0 atom stereocenters. The number of ether oxygens (including phenoxy) is 1. The van der Waals surface area contributed by atoms with Crippen LogP contribution in [-0.2, 0) is 17.5 Å². The average Bonchev–Trinajstić information content (AvgIpc) is 2.85. The predicted octanol–water partition coefficient (Wildman–Crippen LogP) is 3.53. The minimum Gasteiger partial charge on any atom is -0.465 e. The number of methoxy groups -OCH3 is 1. The molecular formula is C13H9ClF4N2O2. The number of carbonyl (C=O) groups excluding carboxylic acids is 1. The predicted molar refractivity (Wildman–Crippen MR) is 69.1 cm³/mol. The Morgan fingerprint density at radius 1 is 1.41 bits per heavy atom. The fourth-order valence-corrected chi connectivity index (χ4v) is 2.02. The molecule has 4 nitrogen and oxygen atoms in total. The van der Waals surface area contributed by atoms with Crippen molar-refractivity contribution in [3.8, 4) is 0 Å². The number of nitrogens with zero attached hydrogens (tertiary/aromatic N) is 2. The number of hydrogen-bond donors (Lipinski definition) is 0. The number of esters is 1. The average molecular weight is 337 g/mol. The number of hydrogen-bond acceptors (Lipinski definition) is 3. The smallest absolute Gasteiger partial charge is 0.436 e. The zero-order chi connectivity index (χ0) is 16.5. The third-order valence-corrected chi connectivity index (χ3v) is 3.13. The Morgan fingerprint density at radius 3 is 2.64 bits per heavy atom. The van der Waals surface area contributed by atoms with Gasteiger partial charge in [0.05, 0.1) is 13.7 Å². The first-order valence-corrected chi connectivity index (χ1v) is 6.27. The molecular weight excluding hydrogens is 328 g/mol. The molecule has 0 saturated carbocycles. The van der Waals surface area contributed by atoms with Gasteiger partial charge < -0.3 is 4.74 Å². The van der Waals surface area contributed by atoms with Crippen LogP contribution in [0.5, 0.6) is 0 Å². The van der Waals surface area contributed by atoms with Crippen molar-refractivity contribution in [2.45, 2.75) is 12.7 Å². The largest absolute Gasteiger partial charge is 0.465 e. The van der Waals surface area contributed by atoms with Crippen LogP contribution in [0.25, 0.3) is 0 Å². The van der Waals surface area contributed by atoms with Crippen LogP contribution in [0.2, 0.25) is 5.02 Å². The molecule has 0 aliphatic carbocycles. The fraction of sp³-hybridized carbons (Fsp3) is 0.231. The standard InChI is InChI=1S/C13H9ClF4N2O2/c1-22-12(21)9-6-20(19-11(9)13(16,17)18)5-7-2-3-8(15)4-10(7)14/h2-4,6H,5H2,1H3. The summed E-state index contributed by atoms with van der Waals surface area (Å²) in [6, 6.07) is 3.48. The lowest BCUT2D eigenvalue weighted by molar-refractivity contribution is -0.142. The maximum absolute atomic E-state index is 12.9. The number of halogens is 5. The highest BCUT2D eigenvalue weighted by Crippen LogP contribution is 2.31. The Hall–Kier alpha value is -2.09. The summed E-state index contributed by atoms with van der Waals surface area (Å²) in [7, 11) is 0.969. The molecule has 0 aliphatic heterocycles. The van der Waals surface area contributed by atoms with E-state index >= 15 is 0 Å². The normalized spacial score (nSPS) is 11.5. The number of benzene rings is 1. The van der Waals surface area contributed by atoms with Gasteiger partial charge in [0.15, 0.2) is 5.69 Å². The van der Waals surface area contributed by atoms with Crippen LogP contribution in [0.4, 0.5) is 17.6 Å². The molecule has 0 radical (unpaired) electrons. The van der Waals surface area contributed by atoms with E-state index in [1.54, 1.807) is 0 Å². The van der Waals surface area contributed by atoms with E-state index in [4.69, 9.17) is 11.6 Å². The number of rotatable bonds is 3. The Bertz CT molecular complexity index is 713. The summed E-state index contributed by atoms with van der Waals surface area (Å²) in [5.41, 5.74) is -1.69. The molecule has 0 saturated heterocycles. The first kappa shape index (κ1) is 16.3. The van der Waals surface area contributed by atoms with Crippen molar-refractivity contribution >= 4 is 17.6 Å². The van der Waals surface area contributed by atoms with E-state index in [0.29, 0.717) is 5.56 Å². The lowest BCUT2D eigenvalue weighted by Gasteiger charge is -2.05. The van der Waals surface area contributed by atoms with E-state index in [1.807, 2.05) is 0 Å². The van der Waals surface area contributed by atoms with Crippen molar-refractivity contribution in [2.75, 3.05) is 7.11 Å². The van der Waals surface area contributed by atoms with E-state index in [9.17, 15) is 22.4 Å². The van der Waals surface area contributed by atoms with Crippen molar-refractivity contribution in [2.24, 2.45) is 0 Å². The molecule has 0 N–H and O–H groups in total. The van der Waals surface area contributed by atoms with Crippen molar-refractivity contribution in [1.82, 2.24) is 9.78 Å². The molecule has 22 heavy (non-hydrogen) atoms. The molecule has 0 unspecified atom stereocenters. The zero-order valence-corrected chi connectivity index (χ0v) is 11.9. The summed E-state index contributed by atoms with van der Waals surface area (Å²) in [5.74, 6) is -1.72. The Balaban J connectivity index is 2.40. The summed E-state index contributed by atoms with van der Waals surface area (Å²) < 4.78 is 56.8. The minimum atomic E-state index is -4.80. The van der Waals surface area contributed by atoms with Gasteiger partial charge in [-0.05, 0) is 17.7 Å². The third kappa shape index (κ3) is 3.38. The van der Waals surface area contributed by atoms with Crippen LogP contribution in [0.3, 0.4) is 0 Å². The fourth-order valence-electron chi connectivity index (χ4n) is 1.80. The SMILES string of the molecule is COC(=O)c1cn(Cc2ccc(F)cc2Cl)nc1C(F)(F)F. The molecule has 1 heterocycles. The van der Waals surface area contributed by atoms with E-state index < -0.39 is 29.2 Å². The van der Waals surface area contributed by atoms with Crippen molar-refractivity contribution in [3.05, 3.63) is 52.1 Å². The summed E-state index contributed by atoms with van der Waals surface area (Å²) in [5, 5.41) is 3.39. The second kappa shape index (κ2) is 5.96. The van der Waals surface area contributed by atoms with Crippen LogP contribution in [0, 0.1) is 5.82 Å². The van der Waals surface area contributed by atoms with Crippen molar-refractivity contribution in [1.29, 1.82) is 0 Å². The first-order chi connectivity index (χ1) is 10.2. The number of alkyl halides is 3. The minimum absolute atomic E-state index is 0.0451. The van der Waals surface area contributed by atoms with Gasteiger partial charge in [-0.2, -0.15) is 18.3 Å². The highest BCUT2D eigenvalue weighted by Gasteiger charge is 2.39. The molecule has 0 spiro atoms. The van der Waals surface area contributed by atoms with Crippen molar-refractivity contribution < 1.29 is 27.1 Å². The topological polar surface area (TPSA) is 44.1 Å². The number of aromatic nitrogens is 2. The van der Waals surface area contributed by atoms with E-state index in [2.05, 4.69) is 9.84 Å². The summed E-state index contributed by atoms with van der Waals surface area (Å²) in [6.07, 6.45) is -3.89. The molecule has 0 bridgehead atoms. The van der Waals surface area contributed by atoms with Gasteiger partial charge in [0, 0.05) is 11.2 Å². The van der Waals surface area contributed by atoms with Crippen LogP contribution < -0.4 is 0 Å². The maximum Gasteiger partial charge on any atom is 0.436 e. The molecule has 0 amide bonds. The lowest BCUT2D eigenvalue weighted by atomic mass is 10.2. The molecule has 2 aromatic rings. The summed E-state index contributed by atoms with van der Waals surface area (Å²) in [4.78, 5) is 11.4. The molecule has 1 aromatic carbocycles. The Morgan fingerprint density at radius 2 is 2.09 bits per heavy atom. The number of carbonyl (C=O) groups is 1. The van der Waals surface area contributed by atoms with Gasteiger partial charge in [0.2, 0.25) is 0 Å². The molecule has 0 fully saturated rings. The quantitative estimate of drug-likeness (QED) is 0.636. The van der Waals surface area contributed by atoms with Gasteiger partial charge in [0.1, 0.15) is 11.4 Å². The second-order valence-electron chi connectivity index (χ2n) is 4.31. The monoisotopic (exact) mass is 336 g/mol. The maximum atomic E-state index is 12.9. The van der Waals surface area contributed by atoms with Gasteiger partial charge in [-0.25, -0.2) is 9.18 Å². The second-order valence-corrected chi connectivity index (χ2v) is 4.72. The van der Waals surface area contributed by atoms with Gasteiger partial charge >= 0.3 is 12.1 Å².